The minimum Gasteiger partial charge on any atom is -0.444 e. The van der Waals surface area contributed by atoms with Gasteiger partial charge in [0.05, 0.1) is 11.0 Å². The van der Waals surface area contributed by atoms with Crippen molar-refractivity contribution in [3.05, 3.63) is 52.7 Å². The van der Waals surface area contributed by atoms with E-state index in [1.807, 2.05) is 6.07 Å². The fraction of sp³-hybridized carbons (Fsp3) is 0.400. The number of aromatic nitrogens is 2. The number of hydrogen-bond donors (Lipinski definition) is 1. The van der Waals surface area contributed by atoms with E-state index in [1.54, 1.807) is 12.1 Å². The number of amides is 1. The van der Waals surface area contributed by atoms with Crippen LogP contribution in [0.1, 0.15) is 48.0 Å². The minimum atomic E-state index is -0.145. The van der Waals surface area contributed by atoms with Crippen LogP contribution in [-0.4, -0.2) is 22.0 Å². The molecule has 1 amide bonds. The number of fused-ring (bicyclic) bond motifs is 1. The van der Waals surface area contributed by atoms with E-state index in [1.165, 1.54) is 11.3 Å². The Kier molecular flexibility index (Phi) is 4.85. The van der Waals surface area contributed by atoms with E-state index in [2.05, 4.69) is 51.1 Å². The first kappa shape index (κ1) is 17.3. The third-order valence-electron chi connectivity index (χ3n) is 5.38. The first-order chi connectivity index (χ1) is 12.6. The highest BCUT2D eigenvalue weighted by molar-refractivity contribution is 9.10. The number of carbonyl (C=O) groups excluding carboxylic acids is 1. The number of rotatable bonds is 4. The van der Waals surface area contributed by atoms with Crippen molar-refractivity contribution < 1.29 is 9.21 Å². The number of imidazole rings is 1. The summed E-state index contributed by atoms with van der Waals surface area (Å²) in [4.78, 5) is 16.9. The second kappa shape index (κ2) is 7.27. The standard InChI is InChI=1S/C20H22BrN3O2/c1-24-16-5-3-2-4-15(16)23-19(24)14-8-6-13(7-9-14)12-22-20(25)17-10-11-18(21)26-17/h2-5,10-11,13-14H,6-9,12H2,1H3,(H,22,25). The predicted octanol–water partition coefficient (Wildman–Crippen LogP) is 4.63. The molecular weight excluding hydrogens is 394 g/mol. The zero-order valence-corrected chi connectivity index (χ0v) is 16.3. The predicted molar refractivity (Wildman–Crippen MR) is 104 cm³/mol. The molecule has 1 aliphatic rings. The fourth-order valence-electron chi connectivity index (χ4n) is 3.91. The van der Waals surface area contributed by atoms with E-state index >= 15 is 0 Å². The van der Waals surface area contributed by atoms with Gasteiger partial charge in [-0.15, -0.1) is 0 Å². The maximum atomic E-state index is 12.1. The highest BCUT2D eigenvalue weighted by Gasteiger charge is 2.26. The normalized spacial score (nSPS) is 20.4. The molecule has 4 rings (SSSR count). The molecule has 0 saturated heterocycles. The number of nitrogens with zero attached hydrogens (tertiary/aromatic N) is 2. The van der Waals surface area contributed by atoms with Gasteiger partial charge in [-0.05, 0) is 71.8 Å². The lowest BCUT2D eigenvalue weighted by Crippen LogP contribution is -2.31. The summed E-state index contributed by atoms with van der Waals surface area (Å²) < 4.78 is 8.10. The fourth-order valence-corrected chi connectivity index (χ4v) is 4.22. The number of para-hydroxylation sites is 2. The Hall–Kier alpha value is -2.08. The van der Waals surface area contributed by atoms with Gasteiger partial charge in [0.25, 0.3) is 5.91 Å². The van der Waals surface area contributed by atoms with Gasteiger partial charge in [0.1, 0.15) is 5.82 Å². The molecule has 2 heterocycles. The maximum Gasteiger partial charge on any atom is 0.287 e. The Bertz CT molecular complexity index is 922. The van der Waals surface area contributed by atoms with Crippen molar-refractivity contribution in [1.29, 1.82) is 0 Å². The number of furan rings is 1. The van der Waals surface area contributed by atoms with E-state index in [9.17, 15) is 4.79 Å². The molecule has 6 heteroatoms. The molecule has 1 saturated carbocycles. The summed E-state index contributed by atoms with van der Waals surface area (Å²) in [5.74, 6) is 2.41. The molecule has 2 aromatic heterocycles. The summed E-state index contributed by atoms with van der Waals surface area (Å²) in [5, 5.41) is 3.00. The van der Waals surface area contributed by atoms with Crippen molar-refractivity contribution in [2.75, 3.05) is 6.54 Å². The van der Waals surface area contributed by atoms with Crippen molar-refractivity contribution in [3.63, 3.8) is 0 Å². The zero-order valence-electron chi connectivity index (χ0n) is 14.7. The monoisotopic (exact) mass is 415 g/mol. The van der Waals surface area contributed by atoms with Gasteiger partial charge >= 0.3 is 0 Å². The summed E-state index contributed by atoms with van der Waals surface area (Å²) in [6, 6.07) is 11.7. The van der Waals surface area contributed by atoms with Gasteiger partial charge in [0.2, 0.25) is 0 Å². The van der Waals surface area contributed by atoms with E-state index in [0.29, 0.717) is 28.8 Å². The van der Waals surface area contributed by atoms with Crippen molar-refractivity contribution in [2.24, 2.45) is 13.0 Å². The van der Waals surface area contributed by atoms with E-state index in [-0.39, 0.29) is 5.91 Å². The molecule has 5 nitrogen and oxygen atoms in total. The Balaban J connectivity index is 1.33. The third-order valence-corrected chi connectivity index (χ3v) is 5.81. The maximum absolute atomic E-state index is 12.1. The zero-order chi connectivity index (χ0) is 18.1. The second-order valence-corrected chi connectivity index (χ2v) is 7.83. The number of aryl methyl sites for hydroxylation is 1. The first-order valence-electron chi connectivity index (χ1n) is 9.06. The van der Waals surface area contributed by atoms with Gasteiger partial charge in [-0.1, -0.05) is 12.1 Å². The summed E-state index contributed by atoms with van der Waals surface area (Å²) in [5.41, 5.74) is 2.27. The number of nitrogens with one attached hydrogen (secondary N) is 1. The van der Waals surface area contributed by atoms with Gasteiger partial charge in [-0.3, -0.25) is 4.79 Å². The lowest BCUT2D eigenvalue weighted by atomic mass is 9.81. The molecule has 136 valence electrons. The highest BCUT2D eigenvalue weighted by atomic mass is 79.9. The number of halogens is 1. The third kappa shape index (κ3) is 3.43. The molecule has 3 aromatic rings. The van der Waals surface area contributed by atoms with Crippen LogP contribution in [-0.2, 0) is 7.05 Å². The lowest BCUT2D eigenvalue weighted by Gasteiger charge is -2.28. The Labute approximate surface area is 160 Å². The van der Waals surface area contributed by atoms with Crippen LogP contribution >= 0.6 is 15.9 Å². The molecule has 0 spiro atoms. The summed E-state index contributed by atoms with van der Waals surface area (Å²) in [6.07, 6.45) is 4.44. The average Bonchev–Trinajstić information content (AvgIpc) is 3.24. The molecule has 0 atom stereocenters. The Morgan fingerprint density at radius 2 is 2.00 bits per heavy atom. The Morgan fingerprint density at radius 1 is 1.23 bits per heavy atom. The second-order valence-electron chi connectivity index (χ2n) is 7.05. The van der Waals surface area contributed by atoms with Crippen LogP contribution < -0.4 is 5.32 Å². The van der Waals surface area contributed by atoms with Crippen molar-refractivity contribution >= 4 is 32.9 Å². The molecular formula is C20H22BrN3O2. The SMILES string of the molecule is Cn1c(C2CCC(CNC(=O)c3ccc(Br)o3)CC2)nc2ccccc21. The van der Waals surface area contributed by atoms with Crippen LogP contribution in [0.3, 0.4) is 0 Å². The van der Waals surface area contributed by atoms with Gasteiger partial charge in [-0.2, -0.15) is 0 Å². The van der Waals surface area contributed by atoms with Gasteiger partial charge in [-0.25, -0.2) is 4.98 Å². The Morgan fingerprint density at radius 3 is 2.69 bits per heavy atom. The molecule has 1 aromatic carbocycles. The van der Waals surface area contributed by atoms with Crippen LogP contribution in [0.15, 0.2) is 45.5 Å². The van der Waals surface area contributed by atoms with Gasteiger partial charge < -0.3 is 14.3 Å². The van der Waals surface area contributed by atoms with Crippen molar-refractivity contribution in [3.8, 4) is 0 Å². The molecule has 1 N–H and O–H groups in total. The van der Waals surface area contributed by atoms with E-state index in [0.717, 1.165) is 31.2 Å². The summed E-state index contributed by atoms with van der Waals surface area (Å²) in [7, 11) is 2.11. The van der Waals surface area contributed by atoms with Gasteiger partial charge in [0.15, 0.2) is 10.4 Å². The summed E-state index contributed by atoms with van der Waals surface area (Å²) >= 11 is 3.22. The van der Waals surface area contributed by atoms with Crippen molar-refractivity contribution in [2.45, 2.75) is 31.6 Å². The average molecular weight is 416 g/mol. The molecule has 1 aliphatic carbocycles. The number of hydrogen-bond acceptors (Lipinski definition) is 3. The van der Waals surface area contributed by atoms with Crippen LogP contribution in [0.4, 0.5) is 0 Å². The molecule has 0 unspecified atom stereocenters. The largest absolute Gasteiger partial charge is 0.444 e. The van der Waals surface area contributed by atoms with E-state index < -0.39 is 0 Å². The smallest absolute Gasteiger partial charge is 0.287 e. The van der Waals surface area contributed by atoms with Crippen LogP contribution in [0, 0.1) is 5.92 Å². The molecule has 0 bridgehead atoms. The quantitative estimate of drug-likeness (QED) is 0.675. The number of benzene rings is 1. The molecule has 0 radical (unpaired) electrons. The molecule has 26 heavy (non-hydrogen) atoms. The first-order valence-corrected chi connectivity index (χ1v) is 9.86. The number of carbonyl (C=O) groups is 1. The molecule has 0 aliphatic heterocycles. The van der Waals surface area contributed by atoms with Crippen LogP contribution in [0.2, 0.25) is 0 Å². The van der Waals surface area contributed by atoms with E-state index in [4.69, 9.17) is 9.40 Å². The molecule has 1 fully saturated rings. The lowest BCUT2D eigenvalue weighted by molar-refractivity contribution is 0.0913. The van der Waals surface area contributed by atoms with Crippen molar-refractivity contribution in [1.82, 2.24) is 14.9 Å². The summed E-state index contributed by atoms with van der Waals surface area (Å²) in [6.45, 7) is 0.701. The van der Waals surface area contributed by atoms with Gasteiger partial charge in [0, 0.05) is 19.5 Å². The van der Waals surface area contributed by atoms with Crippen LogP contribution in [0.25, 0.3) is 11.0 Å². The topological polar surface area (TPSA) is 60.1 Å². The highest BCUT2D eigenvalue weighted by Crippen LogP contribution is 2.36. The van der Waals surface area contributed by atoms with Crippen LogP contribution in [0.5, 0.6) is 0 Å². The minimum absolute atomic E-state index is 0.145.